The SMILES string of the molecule is CCc1ncc(C(=O)c2ncco2)cc1C. The van der Waals surface area contributed by atoms with E-state index in [-0.39, 0.29) is 11.7 Å². The van der Waals surface area contributed by atoms with E-state index < -0.39 is 0 Å². The molecule has 0 aromatic carbocycles. The Hall–Kier alpha value is -1.97. The Kier molecular flexibility index (Phi) is 2.81. The maximum atomic E-state index is 11.9. The molecule has 0 aliphatic heterocycles. The first-order chi connectivity index (χ1) is 7.72. The van der Waals surface area contributed by atoms with Gasteiger partial charge in [-0.1, -0.05) is 6.92 Å². The van der Waals surface area contributed by atoms with E-state index in [0.717, 1.165) is 17.7 Å². The Bertz CT molecular complexity index is 504. The molecule has 0 saturated carbocycles. The van der Waals surface area contributed by atoms with Crippen LogP contribution in [0.2, 0.25) is 0 Å². The summed E-state index contributed by atoms with van der Waals surface area (Å²) in [7, 11) is 0. The fraction of sp³-hybridized carbons (Fsp3) is 0.250. The van der Waals surface area contributed by atoms with Crippen molar-refractivity contribution in [3.05, 3.63) is 47.4 Å². The molecule has 0 aliphatic carbocycles. The number of carbonyl (C=O) groups excluding carboxylic acids is 1. The van der Waals surface area contributed by atoms with E-state index in [1.807, 2.05) is 19.9 Å². The van der Waals surface area contributed by atoms with E-state index in [4.69, 9.17) is 4.42 Å². The Morgan fingerprint density at radius 1 is 1.44 bits per heavy atom. The smallest absolute Gasteiger partial charge is 0.268 e. The molecule has 0 unspecified atom stereocenters. The number of nitrogens with zero attached hydrogens (tertiary/aromatic N) is 2. The van der Waals surface area contributed by atoms with Gasteiger partial charge in [-0.2, -0.15) is 0 Å². The zero-order valence-electron chi connectivity index (χ0n) is 9.23. The minimum Gasteiger partial charge on any atom is -0.442 e. The lowest BCUT2D eigenvalue weighted by Crippen LogP contribution is -2.04. The highest BCUT2D eigenvalue weighted by atomic mass is 16.3. The summed E-state index contributed by atoms with van der Waals surface area (Å²) in [4.78, 5) is 19.9. The monoisotopic (exact) mass is 216 g/mol. The molecule has 82 valence electrons. The molecule has 0 saturated heterocycles. The van der Waals surface area contributed by atoms with Crippen LogP contribution in [0.5, 0.6) is 0 Å². The maximum absolute atomic E-state index is 11.9. The second-order valence-electron chi connectivity index (χ2n) is 3.51. The van der Waals surface area contributed by atoms with Gasteiger partial charge in [0.15, 0.2) is 0 Å². The van der Waals surface area contributed by atoms with Crippen molar-refractivity contribution in [1.82, 2.24) is 9.97 Å². The summed E-state index contributed by atoms with van der Waals surface area (Å²) in [6.07, 6.45) is 5.26. The number of pyridine rings is 1. The molecule has 0 fully saturated rings. The predicted molar refractivity (Wildman–Crippen MR) is 58.3 cm³/mol. The lowest BCUT2D eigenvalue weighted by atomic mass is 10.1. The molecule has 2 aromatic rings. The number of carbonyl (C=O) groups is 1. The molecule has 0 atom stereocenters. The number of oxazole rings is 1. The molecule has 0 bridgehead atoms. The fourth-order valence-electron chi connectivity index (χ4n) is 1.56. The first kappa shape index (κ1) is 10.5. The van der Waals surface area contributed by atoms with E-state index in [1.54, 1.807) is 6.20 Å². The van der Waals surface area contributed by atoms with Crippen LogP contribution in [0.1, 0.15) is 34.4 Å². The third-order valence-electron chi connectivity index (χ3n) is 2.41. The minimum absolute atomic E-state index is 0.102. The molecule has 4 nitrogen and oxygen atoms in total. The highest BCUT2D eigenvalue weighted by Crippen LogP contribution is 2.12. The van der Waals surface area contributed by atoms with E-state index in [9.17, 15) is 4.79 Å². The lowest BCUT2D eigenvalue weighted by molar-refractivity contribution is 0.100. The molecule has 0 aliphatic rings. The van der Waals surface area contributed by atoms with Gasteiger partial charge in [-0.3, -0.25) is 9.78 Å². The van der Waals surface area contributed by atoms with Crippen molar-refractivity contribution in [2.45, 2.75) is 20.3 Å². The van der Waals surface area contributed by atoms with Crippen molar-refractivity contribution >= 4 is 5.78 Å². The van der Waals surface area contributed by atoms with Crippen LogP contribution in [0.4, 0.5) is 0 Å². The Balaban J connectivity index is 2.35. The van der Waals surface area contributed by atoms with Gasteiger partial charge in [0.05, 0.1) is 6.20 Å². The van der Waals surface area contributed by atoms with Gasteiger partial charge in [-0.25, -0.2) is 4.98 Å². The topological polar surface area (TPSA) is 56.0 Å². The van der Waals surface area contributed by atoms with Crippen molar-refractivity contribution in [1.29, 1.82) is 0 Å². The Morgan fingerprint density at radius 2 is 2.25 bits per heavy atom. The van der Waals surface area contributed by atoms with Crippen LogP contribution < -0.4 is 0 Å². The van der Waals surface area contributed by atoms with Crippen molar-refractivity contribution in [2.24, 2.45) is 0 Å². The van der Waals surface area contributed by atoms with E-state index in [2.05, 4.69) is 9.97 Å². The Labute approximate surface area is 93.3 Å². The summed E-state index contributed by atoms with van der Waals surface area (Å²) >= 11 is 0. The molecule has 4 heteroatoms. The number of ketones is 1. The highest BCUT2D eigenvalue weighted by Gasteiger charge is 2.14. The number of hydrogen-bond donors (Lipinski definition) is 0. The number of aromatic nitrogens is 2. The van der Waals surface area contributed by atoms with Crippen LogP contribution in [0.25, 0.3) is 0 Å². The van der Waals surface area contributed by atoms with E-state index in [1.165, 1.54) is 12.5 Å². The third-order valence-corrected chi connectivity index (χ3v) is 2.41. The molecule has 16 heavy (non-hydrogen) atoms. The predicted octanol–water partition coefficient (Wildman–Crippen LogP) is 2.17. The largest absolute Gasteiger partial charge is 0.442 e. The normalized spacial score (nSPS) is 10.4. The second kappa shape index (κ2) is 4.26. The van der Waals surface area contributed by atoms with Gasteiger partial charge in [-0.05, 0) is 25.0 Å². The number of rotatable bonds is 3. The van der Waals surface area contributed by atoms with Crippen LogP contribution in [0.3, 0.4) is 0 Å². The number of hydrogen-bond acceptors (Lipinski definition) is 4. The van der Waals surface area contributed by atoms with Crippen molar-refractivity contribution < 1.29 is 9.21 Å². The summed E-state index contributed by atoms with van der Waals surface area (Å²) in [6.45, 7) is 3.98. The zero-order chi connectivity index (χ0) is 11.5. The quantitative estimate of drug-likeness (QED) is 0.738. The maximum Gasteiger partial charge on any atom is 0.268 e. The fourth-order valence-corrected chi connectivity index (χ4v) is 1.56. The minimum atomic E-state index is -0.233. The van der Waals surface area contributed by atoms with Crippen molar-refractivity contribution in [3.63, 3.8) is 0 Å². The van der Waals surface area contributed by atoms with Gasteiger partial charge in [0.1, 0.15) is 6.26 Å². The summed E-state index contributed by atoms with van der Waals surface area (Å²) in [5.41, 5.74) is 2.53. The first-order valence-electron chi connectivity index (χ1n) is 5.12. The van der Waals surface area contributed by atoms with Gasteiger partial charge < -0.3 is 4.42 Å². The van der Waals surface area contributed by atoms with Gasteiger partial charge >= 0.3 is 0 Å². The van der Waals surface area contributed by atoms with Crippen LogP contribution >= 0.6 is 0 Å². The van der Waals surface area contributed by atoms with E-state index >= 15 is 0 Å². The van der Waals surface area contributed by atoms with Gasteiger partial charge in [0, 0.05) is 17.5 Å². The second-order valence-corrected chi connectivity index (χ2v) is 3.51. The van der Waals surface area contributed by atoms with Crippen LogP contribution in [0, 0.1) is 6.92 Å². The summed E-state index contributed by atoms with van der Waals surface area (Å²) in [6, 6.07) is 1.82. The van der Waals surface area contributed by atoms with Gasteiger partial charge in [-0.15, -0.1) is 0 Å². The lowest BCUT2D eigenvalue weighted by Gasteiger charge is -2.03. The molecular weight excluding hydrogens is 204 g/mol. The molecule has 0 spiro atoms. The molecule has 0 radical (unpaired) electrons. The average Bonchev–Trinajstić information content (AvgIpc) is 2.81. The molecule has 2 aromatic heterocycles. The summed E-state index contributed by atoms with van der Waals surface area (Å²) < 4.78 is 4.96. The zero-order valence-corrected chi connectivity index (χ0v) is 9.23. The van der Waals surface area contributed by atoms with Crippen LogP contribution in [-0.2, 0) is 6.42 Å². The van der Waals surface area contributed by atoms with Gasteiger partial charge in [0.25, 0.3) is 5.89 Å². The molecular formula is C12H12N2O2. The van der Waals surface area contributed by atoms with Gasteiger partial charge in [0.2, 0.25) is 5.78 Å². The molecule has 0 amide bonds. The molecule has 2 rings (SSSR count). The summed E-state index contributed by atoms with van der Waals surface area (Å²) in [5, 5.41) is 0. The molecule has 0 N–H and O–H groups in total. The first-order valence-corrected chi connectivity index (χ1v) is 5.12. The average molecular weight is 216 g/mol. The molecule has 2 heterocycles. The van der Waals surface area contributed by atoms with Crippen LogP contribution in [-0.4, -0.2) is 15.8 Å². The summed E-state index contributed by atoms with van der Waals surface area (Å²) in [5.74, 6) is -0.131. The van der Waals surface area contributed by atoms with Crippen LogP contribution in [0.15, 0.2) is 29.1 Å². The highest BCUT2D eigenvalue weighted by molar-refractivity contribution is 6.05. The Morgan fingerprint density at radius 3 is 2.81 bits per heavy atom. The van der Waals surface area contributed by atoms with Crippen molar-refractivity contribution in [3.8, 4) is 0 Å². The standard InChI is InChI=1S/C12H12N2O2/c1-3-10-8(2)6-9(7-14-10)11(15)12-13-4-5-16-12/h4-7H,3H2,1-2H3. The number of aryl methyl sites for hydroxylation is 2. The van der Waals surface area contributed by atoms with Crippen molar-refractivity contribution in [2.75, 3.05) is 0 Å². The third kappa shape index (κ3) is 1.86. The van der Waals surface area contributed by atoms with E-state index in [0.29, 0.717) is 5.56 Å².